The van der Waals surface area contributed by atoms with Gasteiger partial charge in [-0.1, -0.05) is 24.3 Å². The minimum absolute atomic E-state index is 0.00578. The fraction of sp³-hybridized carbons (Fsp3) is 0.290. The van der Waals surface area contributed by atoms with E-state index in [0.717, 1.165) is 44.5 Å². The van der Waals surface area contributed by atoms with Crippen LogP contribution in [0.4, 0.5) is 24.5 Å². The second-order valence-electron chi connectivity index (χ2n) is 10.6. The Morgan fingerprint density at radius 1 is 1.02 bits per heavy atom. The van der Waals surface area contributed by atoms with Gasteiger partial charge in [-0.2, -0.15) is 13.2 Å². The summed E-state index contributed by atoms with van der Waals surface area (Å²) >= 11 is 0. The molecular weight excluding hydrogens is 583 g/mol. The summed E-state index contributed by atoms with van der Waals surface area (Å²) in [5.41, 5.74) is 1.16. The van der Waals surface area contributed by atoms with Crippen LogP contribution in [-0.2, 0) is 25.7 Å². The maximum absolute atomic E-state index is 13.9. The topological polar surface area (TPSA) is 89.0 Å². The first kappa shape index (κ1) is 28.8. The van der Waals surface area contributed by atoms with Crippen LogP contribution in [0.1, 0.15) is 29.9 Å². The van der Waals surface area contributed by atoms with Crippen LogP contribution in [0.5, 0.6) is 5.75 Å². The van der Waals surface area contributed by atoms with Gasteiger partial charge in [0.05, 0.1) is 29.8 Å². The Bertz CT molecular complexity index is 1790. The Labute approximate surface area is 246 Å². The standard InChI is InChI=1S/C31H28F3N3O5S/c1-41-30(38)11-9-24-19-37(43(39,40)25-6-3-5-23(15-25)31(32,33)34)28-14-20(8-10-29(28)42-24)22-17-36(18-22)27-7-2-4-21-16-35-13-12-26(21)27/h2-8,10,12-16,22,24H,9,11,17-19H2,1H3/t24-/m0/s1. The van der Waals surface area contributed by atoms with E-state index in [1.165, 1.54) is 7.11 Å². The molecule has 4 aromatic rings. The van der Waals surface area contributed by atoms with Crippen LogP contribution < -0.4 is 13.9 Å². The number of fused-ring (bicyclic) bond motifs is 2. The zero-order valence-electron chi connectivity index (χ0n) is 23.1. The van der Waals surface area contributed by atoms with E-state index in [-0.39, 0.29) is 36.7 Å². The number of benzene rings is 3. The molecule has 1 aromatic heterocycles. The zero-order valence-corrected chi connectivity index (χ0v) is 23.9. The number of rotatable bonds is 7. The van der Waals surface area contributed by atoms with E-state index < -0.39 is 38.7 Å². The molecule has 224 valence electrons. The van der Waals surface area contributed by atoms with E-state index in [0.29, 0.717) is 19.2 Å². The molecule has 0 spiro atoms. The smallest absolute Gasteiger partial charge is 0.416 e. The number of ether oxygens (including phenoxy) is 2. The molecule has 2 aliphatic heterocycles. The van der Waals surface area contributed by atoms with Gasteiger partial charge in [0.2, 0.25) is 0 Å². The largest absolute Gasteiger partial charge is 0.486 e. The first-order chi connectivity index (χ1) is 20.5. The van der Waals surface area contributed by atoms with Gasteiger partial charge >= 0.3 is 12.1 Å². The lowest BCUT2D eigenvalue weighted by Gasteiger charge is -2.43. The molecule has 1 fully saturated rings. The molecule has 0 saturated carbocycles. The molecule has 8 nitrogen and oxygen atoms in total. The van der Waals surface area contributed by atoms with Crippen molar-refractivity contribution in [2.24, 2.45) is 0 Å². The van der Waals surface area contributed by atoms with Crippen molar-refractivity contribution in [1.82, 2.24) is 4.98 Å². The van der Waals surface area contributed by atoms with Crippen LogP contribution in [0.25, 0.3) is 10.8 Å². The van der Waals surface area contributed by atoms with Crippen molar-refractivity contribution in [3.8, 4) is 5.75 Å². The number of nitrogens with zero attached hydrogens (tertiary/aromatic N) is 3. The quantitative estimate of drug-likeness (QED) is 0.245. The number of halogens is 3. The number of esters is 1. The second-order valence-corrected chi connectivity index (χ2v) is 12.5. The average molecular weight is 612 g/mol. The molecule has 0 bridgehead atoms. The number of hydrogen-bond acceptors (Lipinski definition) is 7. The average Bonchev–Trinajstić information content (AvgIpc) is 2.98. The van der Waals surface area contributed by atoms with E-state index in [1.807, 2.05) is 30.5 Å². The van der Waals surface area contributed by atoms with Crippen LogP contribution >= 0.6 is 0 Å². The van der Waals surface area contributed by atoms with Gasteiger partial charge in [-0.3, -0.25) is 14.1 Å². The molecular formula is C31H28F3N3O5S. The highest BCUT2D eigenvalue weighted by atomic mass is 32.2. The molecule has 6 rings (SSSR count). The van der Waals surface area contributed by atoms with Gasteiger partial charge in [0, 0.05) is 54.3 Å². The fourth-order valence-corrected chi connectivity index (χ4v) is 7.11. The predicted octanol–water partition coefficient (Wildman–Crippen LogP) is 5.77. The highest BCUT2D eigenvalue weighted by Gasteiger charge is 2.38. The lowest BCUT2D eigenvalue weighted by atomic mass is 9.89. The minimum Gasteiger partial charge on any atom is -0.486 e. The van der Waals surface area contributed by atoms with E-state index in [9.17, 15) is 26.4 Å². The van der Waals surface area contributed by atoms with Crippen LogP contribution in [0.3, 0.4) is 0 Å². The highest BCUT2D eigenvalue weighted by Crippen LogP contribution is 2.43. The molecule has 12 heteroatoms. The Morgan fingerprint density at radius 2 is 1.81 bits per heavy atom. The van der Waals surface area contributed by atoms with Gasteiger partial charge in [-0.15, -0.1) is 0 Å². The van der Waals surface area contributed by atoms with Gasteiger partial charge in [-0.05, 0) is 54.4 Å². The van der Waals surface area contributed by atoms with E-state index >= 15 is 0 Å². The number of anilines is 2. The molecule has 0 unspecified atom stereocenters. The van der Waals surface area contributed by atoms with Gasteiger partial charge in [0.1, 0.15) is 11.9 Å². The Hall–Kier alpha value is -4.32. The molecule has 1 saturated heterocycles. The summed E-state index contributed by atoms with van der Waals surface area (Å²) in [6.07, 6.45) is -1.68. The monoisotopic (exact) mass is 611 g/mol. The van der Waals surface area contributed by atoms with Crippen molar-refractivity contribution >= 4 is 38.1 Å². The maximum Gasteiger partial charge on any atom is 0.416 e. The molecule has 0 radical (unpaired) electrons. The van der Waals surface area contributed by atoms with E-state index in [4.69, 9.17) is 9.47 Å². The SMILES string of the molecule is COC(=O)CC[C@H]1CN(S(=O)(=O)c2cccc(C(F)(F)F)c2)c2cc(C3CN(c4cccc5cnccc45)C3)ccc2O1. The third-order valence-corrected chi connectivity index (χ3v) is 9.69. The third-order valence-electron chi connectivity index (χ3n) is 7.91. The van der Waals surface area contributed by atoms with Gasteiger partial charge in [-0.25, -0.2) is 8.42 Å². The molecule has 2 aliphatic rings. The zero-order chi connectivity index (χ0) is 30.4. The van der Waals surface area contributed by atoms with Crippen LogP contribution in [0, 0.1) is 0 Å². The number of carbonyl (C=O) groups excluding carboxylic acids is 1. The summed E-state index contributed by atoms with van der Waals surface area (Å²) < 4.78 is 80.0. The van der Waals surface area contributed by atoms with Crippen molar-refractivity contribution in [3.05, 3.63) is 90.3 Å². The minimum atomic E-state index is -4.71. The van der Waals surface area contributed by atoms with Crippen molar-refractivity contribution < 1.29 is 35.9 Å². The predicted molar refractivity (Wildman–Crippen MR) is 155 cm³/mol. The van der Waals surface area contributed by atoms with Gasteiger partial charge in [0.15, 0.2) is 0 Å². The Kier molecular flexibility index (Phi) is 7.41. The first-order valence-corrected chi connectivity index (χ1v) is 15.1. The lowest BCUT2D eigenvalue weighted by Crippen LogP contribution is -2.46. The molecule has 0 amide bonds. The molecule has 43 heavy (non-hydrogen) atoms. The fourth-order valence-electron chi connectivity index (χ4n) is 5.57. The van der Waals surface area contributed by atoms with Crippen molar-refractivity contribution in [2.45, 2.75) is 35.9 Å². The number of sulfonamides is 1. The summed E-state index contributed by atoms with van der Waals surface area (Å²) in [5, 5.41) is 2.12. The molecule has 0 N–H and O–H groups in total. The summed E-state index contributed by atoms with van der Waals surface area (Å²) in [4.78, 5) is 17.7. The molecule has 1 atom stereocenters. The summed E-state index contributed by atoms with van der Waals surface area (Å²) in [6.45, 7) is 1.22. The number of alkyl halides is 3. The molecule has 0 aliphatic carbocycles. The summed E-state index contributed by atoms with van der Waals surface area (Å²) in [5.74, 6) is -0.107. The Balaban J connectivity index is 1.31. The number of aromatic nitrogens is 1. The van der Waals surface area contributed by atoms with Crippen molar-refractivity contribution in [3.63, 3.8) is 0 Å². The normalized spacial score (nSPS) is 17.3. The number of carbonyl (C=O) groups is 1. The summed E-state index contributed by atoms with van der Waals surface area (Å²) in [7, 11) is -3.17. The van der Waals surface area contributed by atoms with Gasteiger partial charge in [0.25, 0.3) is 10.0 Å². The second kappa shape index (κ2) is 11.1. The van der Waals surface area contributed by atoms with Crippen molar-refractivity contribution in [1.29, 1.82) is 0 Å². The van der Waals surface area contributed by atoms with E-state index in [2.05, 4.69) is 16.0 Å². The third kappa shape index (κ3) is 5.58. The molecule has 3 heterocycles. The summed E-state index contributed by atoms with van der Waals surface area (Å²) in [6, 6.07) is 17.0. The highest BCUT2D eigenvalue weighted by molar-refractivity contribution is 7.92. The van der Waals surface area contributed by atoms with Crippen LogP contribution in [0.15, 0.2) is 84.0 Å². The molecule has 3 aromatic carbocycles. The maximum atomic E-state index is 13.9. The van der Waals surface area contributed by atoms with Crippen LogP contribution in [-0.4, -0.2) is 52.2 Å². The van der Waals surface area contributed by atoms with Crippen LogP contribution in [0.2, 0.25) is 0 Å². The number of pyridine rings is 1. The Morgan fingerprint density at radius 3 is 2.58 bits per heavy atom. The number of hydrogen-bond donors (Lipinski definition) is 0. The lowest BCUT2D eigenvalue weighted by molar-refractivity contribution is -0.141. The first-order valence-electron chi connectivity index (χ1n) is 13.7. The van der Waals surface area contributed by atoms with Crippen molar-refractivity contribution in [2.75, 3.05) is 35.9 Å². The van der Waals surface area contributed by atoms with Gasteiger partial charge < -0.3 is 14.4 Å². The van der Waals surface area contributed by atoms with E-state index in [1.54, 1.807) is 18.3 Å². The number of methoxy groups -OCH3 is 1.